The van der Waals surface area contributed by atoms with Gasteiger partial charge in [0, 0.05) is 15.9 Å². The summed E-state index contributed by atoms with van der Waals surface area (Å²) in [5, 5.41) is 0. The third-order valence-electron chi connectivity index (χ3n) is 2.67. The van der Waals surface area contributed by atoms with Crippen LogP contribution in [0.1, 0.15) is 21.7 Å². The Balaban J connectivity index is 2.34. The minimum Gasteiger partial charge on any atom is -0.267 e. The number of aromatic nitrogens is 1. The number of carbonyl (C=O) groups is 1. The van der Waals surface area contributed by atoms with E-state index in [0.717, 1.165) is 11.4 Å². The lowest BCUT2D eigenvalue weighted by molar-refractivity contribution is 0.100. The van der Waals surface area contributed by atoms with Gasteiger partial charge in [0.15, 0.2) is 0 Å². The van der Waals surface area contributed by atoms with Crippen molar-refractivity contribution in [1.29, 1.82) is 0 Å². The van der Waals surface area contributed by atoms with Crippen LogP contribution in [0.25, 0.3) is 0 Å². The molecule has 1 aromatic heterocycles. The molecule has 3 nitrogen and oxygen atoms in total. The largest absolute Gasteiger partial charge is 0.274 e. The first-order valence-corrected chi connectivity index (χ1v) is 6.20. The normalized spacial score (nSPS) is 10.4. The summed E-state index contributed by atoms with van der Waals surface area (Å²) in [6.07, 6.45) is 0. The van der Waals surface area contributed by atoms with Crippen molar-refractivity contribution in [3.8, 4) is 0 Å². The number of aryl methyl sites for hydroxylation is 2. The predicted molar refractivity (Wildman–Crippen MR) is 71.7 cm³/mol. The fourth-order valence-corrected chi connectivity index (χ4v) is 2.24. The summed E-state index contributed by atoms with van der Waals surface area (Å²) in [5.41, 5.74) is 4.43. The second-order valence-corrected chi connectivity index (χ2v) is 4.84. The molecule has 0 saturated heterocycles. The molecule has 5 heteroatoms. The smallest absolute Gasteiger partial charge is 0.267 e. The fourth-order valence-electron chi connectivity index (χ4n) is 1.72. The van der Waals surface area contributed by atoms with Crippen LogP contribution in [0.2, 0.25) is 0 Å². The lowest BCUT2D eigenvalue weighted by atomic mass is 10.2. The Morgan fingerprint density at radius 2 is 1.83 bits per heavy atom. The third-order valence-corrected chi connectivity index (χ3v) is 3.34. The molecule has 2 aromatic rings. The molecule has 0 unspecified atom stereocenters. The van der Waals surface area contributed by atoms with Crippen LogP contribution in [0, 0.1) is 19.7 Å². The maximum absolute atomic E-state index is 13.6. The molecule has 1 heterocycles. The van der Waals surface area contributed by atoms with E-state index in [1.165, 1.54) is 6.07 Å². The van der Waals surface area contributed by atoms with E-state index < -0.39 is 11.7 Å². The quantitative estimate of drug-likeness (QED) is 0.906. The van der Waals surface area contributed by atoms with Gasteiger partial charge in [0.2, 0.25) is 0 Å². The molecular formula is C13H12BrFN2O. The second kappa shape index (κ2) is 4.94. The molecule has 0 atom stereocenters. The van der Waals surface area contributed by atoms with Gasteiger partial charge in [-0.25, -0.2) is 4.39 Å². The molecule has 0 aliphatic heterocycles. The Kier molecular flexibility index (Phi) is 3.52. The van der Waals surface area contributed by atoms with Crippen LogP contribution in [0.15, 0.2) is 34.8 Å². The van der Waals surface area contributed by atoms with Crippen LogP contribution in [-0.4, -0.2) is 10.6 Å². The van der Waals surface area contributed by atoms with Crippen LogP contribution < -0.4 is 5.43 Å². The van der Waals surface area contributed by atoms with Crippen LogP contribution in [-0.2, 0) is 0 Å². The van der Waals surface area contributed by atoms with Crippen molar-refractivity contribution in [2.45, 2.75) is 13.8 Å². The van der Waals surface area contributed by atoms with Gasteiger partial charge in [0.05, 0.1) is 5.56 Å². The molecule has 0 bridgehead atoms. The molecule has 1 amide bonds. The van der Waals surface area contributed by atoms with Crippen molar-refractivity contribution in [2.75, 3.05) is 5.43 Å². The molecule has 0 aliphatic rings. The summed E-state index contributed by atoms with van der Waals surface area (Å²) in [6.45, 7) is 3.73. The predicted octanol–water partition coefficient (Wildman–Crippen LogP) is 3.39. The number of carbonyl (C=O) groups excluding carboxylic acids is 1. The Hall–Kier alpha value is -1.62. The van der Waals surface area contributed by atoms with Crippen molar-refractivity contribution < 1.29 is 9.18 Å². The van der Waals surface area contributed by atoms with E-state index in [1.54, 1.807) is 16.8 Å². The lowest BCUT2D eigenvalue weighted by Gasteiger charge is -2.12. The van der Waals surface area contributed by atoms with E-state index >= 15 is 0 Å². The van der Waals surface area contributed by atoms with Crippen LogP contribution >= 0.6 is 15.9 Å². The van der Waals surface area contributed by atoms with Crippen molar-refractivity contribution >= 4 is 21.8 Å². The standard InChI is InChI=1S/C13H12BrFN2O/c1-8-6-7-9(2)17(8)16-13(18)12-10(14)4-3-5-11(12)15/h3-7H,1-2H3,(H,16,18). The fraction of sp³-hybridized carbons (Fsp3) is 0.154. The highest BCUT2D eigenvalue weighted by Gasteiger charge is 2.16. The molecule has 0 fully saturated rings. The van der Waals surface area contributed by atoms with E-state index in [1.807, 2.05) is 26.0 Å². The summed E-state index contributed by atoms with van der Waals surface area (Å²) in [6, 6.07) is 8.20. The van der Waals surface area contributed by atoms with Crippen molar-refractivity contribution in [3.63, 3.8) is 0 Å². The SMILES string of the molecule is Cc1ccc(C)n1NC(=O)c1c(F)cccc1Br. The number of benzene rings is 1. The molecule has 2 rings (SSSR count). The summed E-state index contributed by atoms with van der Waals surface area (Å²) < 4.78 is 15.7. The van der Waals surface area contributed by atoms with Gasteiger partial charge in [-0.3, -0.25) is 14.9 Å². The number of rotatable bonds is 2. The van der Waals surface area contributed by atoms with Crippen LogP contribution in [0.5, 0.6) is 0 Å². The van der Waals surface area contributed by atoms with Gasteiger partial charge >= 0.3 is 0 Å². The zero-order chi connectivity index (χ0) is 13.3. The first kappa shape index (κ1) is 12.8. The molecule has 1 N–H and O–H groups in total. The Morgan fingerprint density at radius 3 is 2.39 bits per heavy atom. The van der Waals surface area contributed by atoms with Crippen LogP contribution in [0.3, 0.4) is 0 Å². The van der Waals surface area contributed by atoms with E-state index in [4.69, 9.17) is 0 Å². The van der Waals surface area contributed by atoms with Gasteiger partial charge in [-0.15, -0.1) is 0 Å². The zero-order valence-electron chi connectivity index (χ0n) is 10.00. The molecular weight excluding hydrogens is 299 g/mol. The maximum atomic E-state index is 13.6. The Bertz CT molecular complexity index is 567. The number of nitrogens with one attached hydrogen (secondary N) is 1. The molecule has 0 radical (unpaired) electrons. The van der Waals surface area contributed by atoms with Gasteiger partial charge in [0.1, 0.15) is 5.82 Å². The zero-order valence-corrected chi connectivity index (χ0v) is 11.6. The highest BCUT2D eigenvalue weighted by molar-refractivity contribution is 9.10. The van der Waals surface area contributed by atoms with Gasteiger partial charge in [-0.05, 0) is 54.0 Å². The minimum absolute atomic E-state index is 0.00463. The van der Waals surface area contributed by atoms with Gasteiger partial charge in [0.25, 0.3) is 5.91 Å². The first-order chi connectivity index (χ1) is 8.50. The van der Waals surface area contributed by atoms with E-state index in [9.17, 15) is 9.18 Å². The topological polar surface area (TPSA) is 34.0 Å². The number of amides is 1. The number of nitrogens with zero attached hydrogens (tertiary/aromatic N) is 1. The molecule has 0 saturated carbocycles. The van der Waals surface area contributed by atoms with E-state index in [0.29, 0.717) is 4.47 Å². The lowest BCUT2D eigenvalue weighted by Crippen LogP contribution is -2.25. The van der Waals surface area contributed by atoms with Crippen molar-refractivity contribution in [3.05, 3.63) is 57.6 Å². The maximum Gasteiger partial charge on any atom is 0.274 e. The van der Waals surface area contributed by atoms with Crippen molar-refractivity contribution in [1.82, 2.24) is 4.68 Å². The minimum atomic E-state index is -0.552. The summed E-state index contributed by atoms with van der Waals surface area (Å²) in [5.74, 6) is -1.04. The van der Waals surface area contributed by atoms with Gasteiger partial charge < -0.3 is 0 Å². The second-order valence-electron chi connectivity index (χ2n) is 3.99. The number of hydrogen-bond donors (Lipinski definition) is 1. The van der Waals surface area contributed by atoms with Crippen molar-refractivity contribution in [2.24, 2.45) is 0 Å². The Labute approximate surface area is 113 Å². The molecule has 94 valence electrons. The van der Waals surface area contributed by atoms with E-state index in [2.05, 4.69) is 21.4 Å². The summed E-state index contributed by atoms with van der Waals surface area (Å²) in [4.78, 5) is 12.1. The summed E-state index contributed by atoms with van der Waals surface area (Å²) >= 11 is 3.18. The highest BCUT2D eigenvalue weighted by atomic mass is 79.9. The molecule has 18 heavy (non-hydrogen) atoms. The average molecular weight is 311 g/mol. The van der Waals surface area contributed by atoms with E-state index in [-0.39, 0.29) is 5.56 Å². The summed E-state index contributed by atoms with van der Waals surface area (Å²) in [7, 11) is 0. The monoisotopic (exact) mass is 310 g/mol. The number of hydrogen-bond acceptors (Lipinski definition) is 1. The number of halogens is 2. The molecule has 0 aliphatic carbocycles. The van der Waals surface area contributed by atoms with Gasteiger partial charge in [-0.2, -0.15) is 0 Å². The average Bonchev–Trinajstić information content (AvgIpc) is 2.60. The van der Waals surface area contributed by atoms with Gasteiger partial charge in [-0.1, -0.05) is 6.07 Å². The highest BCUT2D eigenvalue weighted by Crippen LogP contribution is 2.20. The third kappa shape index (κ3) is 2.31. The molecule has 1 aromatic carbocycles. The first-order valence-electron chi connectivity index (χ1n) is 5.41. The molecule has 0 spiro atoms. The van der Waals surface area contributed by atoms with Crippen LogP contribution in [0.4, 0.5) is 4.39 Å². The Morgan fingerprint density at radius 1 is 1.22 bits per heavy atom.